The molecule has 0 saturated heterocycles. The van der Waals surface area contributed by atoms with Crippen LogP contribution in [0.3, 0.4) is 0 Å². The first-order valence-electron chi connectivity index (χ1n) is 6.73. The molecule has 0 aliphatic heterocycles. The van der Waals surface area contributed by atoms with Crippen LogP contribution in [0.15, 0.2) is 53.5 Å². The Labute approximate surface area is 138 Å². The third-order valence-electron chi connectivity index (χ3n) is 3.70. The first-order valence-corrected chi connectivity index (χ1v) is 7.52. The predicted molar refractivity (Wildman–Crippen MR) is 83.1 cm³/mol. The number of ether oxygens (including phenoxy) is 1. The van der Waals surface area contributed by atoms with E-state index in [1.54, 1.807) is 6.07 Å². The van der Waals surface area contributed by atoms with Crippen LogP contribution in [0.1, 0.15) is 11.1 Å². The molecule has 0 unspecified atom stereocenters. The molecule has 2 aromatic rings. The van der Waals surface area contributed by atoms with Crippen LogP contribution in [0.4, 0.5) is 17.6 Å². The molecule has 0 saturated carbocycles. The van der Waals surface area contributed by atoms with Crippen LogP contribution < -0.4 is 4.74 Å². The molecule has 0 radical (unpaired) electrons. The van der Waals surface area contributed by atoms with Crippen molar-refractivity contribution in [1.29, 1.82) is 0 Å². The average Bonchev–Trinajstić information content (AvgIpc) is 2.51. The van der Waals surface area contributed by atoms with Gasteiger partial charge in [0.25, 0.3) is 0 Å². The van der Waals surface area contributed by atoms with Crippen molar-refractivity contribution in [2.45, 2.75) is 11.8 Å². The average molecular weight is 387 g/mol. The van der Waals surface area contributed by atoms with Crippen molar-refractivity contribution in [2.75, 3.05) is 6.61 Å². The summed E-state index contributed by atoms with van der Waals surface area (Å²) in [5, 5.41) is 0. The van der Waals surface area contributed by atoms with Crippen LogP contribution in [0.25, 0.3) is 11.1 Å². The zero-order chi connectivity index (χ0) is 16.8. The minimum atomic E-state index is -4.33. The Morgan fingerprint density at radius 3 is 2.13 bits per heavy atom. The molecule has 0 amide bonds. The molecule has 1 nitrogen and oxygen atoms in total. The maximum atomic E-state index is 14.4. The summed E-state index contributed by atoms with van der Waals surface area (Å²) in [5.74, 6) is -8.54. The first-order chi connectivity index (χ1) is 10.8. The summed E-state index contributed by atoms with van der Waals surface area (Å²) in [6.45, 7) is 3.56. The fourth-order valence-corrected chi connectivity index (χ4v) is 2.97. The van der Waals surface area contributed by atoms with Crippen molar-refractivity contribution in [3.05, 3.63) is 64.7 Å². The van der Waals surface area contributed by atoms with Crippen LogP contribution in [0, 0.1) is 0 Å². The number of benzene rings is 2. The maximum Gasteiger partial charge on any atom is 0.340 e. The number of rotatable bonds is 3. The molecule has 0 fully saturated rings. The molecule has 3 rings (SSSR count). The largest absolute Gasteiger partial charge is 0.490 e. The van der Waals surface area contributed by atoms with E-state index in [1.165, 1.54) is 24.3 Å². The molecule has 2 aromatic carbocycles. The molecule has 0 atom stereocenters. The van der Waals surface area contributed by atoms with Gasteiger partial charge in [-0.2, -0.15) is 17.6 Å². The van der Waals surface area contributed by atoms with Gasteiger partial charge in [-0.05, 0) is 35.4 Å². The van der Waals surface area contributed by atoms with Crippen LogP contribution in [0.2, 0.25) is 0 Å². The van der Waals surface area contributed by atoms with E-state index in [1.807, 2.05) is 0 Å². The van der Waals surface area contributed by atoms with E-state index in [4.69, 9.17) is 4.74 Å². The van der Waals surface area contributed by atoms with Crippen molar-refractivity contribution < 1.29 is 22.3 Å². The molecule has 120 valence electrons. The standard InChI is InChI=1S/C17H11BrF4O/c1-2-7-23-11-4-6-13-12-5-3-10(18)8-14(12)16(19,20)17(21,22)15(13)9-11/h2-6,8-9H,1,7H2. The number of fused-ring (bicyclic) bond motifs is 3. The summed E-state index contributed by atoms with van der Waals surface area (Å²) in [7, 11) is 0. The second-order valence-corrected chi connectivity index (χ2v) is 6.06. The second kappa shape index (κ2) is 5.37. The fourth-order valence-electron chi connectivity index (χ4n) is 2.61. The lowest BCUT2D eigenvalue weighted by atomic mass is 9.80. The number of hydrogen-bond donors (Lipinski definition) is 0. The molecule has 23 heavy (non-hydrogen) atoms. The van der Waals surface area contributed by atoms with Crippen LogP contribution >= 0.6 is 15.9 Å². The van der Waals surface area contributed by atoms with Crippen molar-refractivity contribution in [3.8, 4) is 16.9 Å². The van der Waals surface area contributed by atoms with E-state index in [0.717, 1.165) is 12.1 Å². The SMILES string of the molecule is C=CCOc1ccc2c(c1)C(F)(F)C(F)(F)c1cc(Br)ccc1-2. The molecule has 1 aliphatic rings. The molecule has 0 bridgehead atoms. The highest BCUT2D eigenvalue weighted by Gasteiger charge is 2.62. The predicted octanol–water partition coefficient (Wildman–Crippen LogP) is 5.88. The lowest BCUT2D eigenvalue weighted by Crippen LogP contribution is -2.39. The summed E-state index contributed by atoms with van der Waals surface area (Å²) in [4.78, 5) is 0. The molecule has 0 aromatic heterocycles. The lowest BCUT2D eigenvalue weighted by molar-refractivity contribution is -0.225. The van der Waals surface area contributed by atoms with E-state index in [0.29, 0.717) is 4.47 Å². The Morgan fingerprint density at radius 2 is 1.52 bits per heavy atom. The Hall–Kier alpha value is -1.82. The minimum Gasteiger partial charge on any atom is -0.490 e. The van der Waals surface area contributed by atoms with Crippen LogP contribution in [0.5, 0.6) is 5.75 Å². The molecule has 6 heteroatoms. The van der Waals surface area contributed by atoms with Gasteiger partial charge in [0.05, 0.1) is 0 Å². The molecule has 0 spiro atoms. The summed E-state index contributed by atoms with van der Waals surface area (Å²) >= 11 is 3.05. The summed E-state index contributed by atoms with van der Waals surface area (Å²) in [5.41, 5.74) is -1.26. The molecule has 1 aliphatic carbocycles. The highest BCUT2D eigenvalue weighted by molar-refractivity contribution is 9.10. The Balaban J connectivity index is 2.25. The Kier molecular flexibility index (Phi) is 3.75. The number of alkyl halides is 4. The highest BCUT2D eigenvalue weighted by atomic mass is 79.9. The van der Waals surface area contributed by atoms with E-state index in [2.05, 4.69) is 22.5 Å². The monoisotopic (exact) mass is 386 g/mol. The van der Waals surface area contributed by atoms with Crippen molar-refractivity contribution in [1.82, 2.24) is 0 Å². The molecule has 0 heterocycles. The van der Waals surface area contributed by atoms with Gasteiger partial charge in [-0.1, -0.05) is 40.7 Å². The van der Waals surface area contributed by atoms with Crippen molar-refractivity contribution in [2.24, 2.45) is 0 Å². The first kappa shape index (κ1) is 16.1. The quantitative estimate of drug-likeness (QED) is 0.472. The fraction of sp³-hybridized carbons (Fsp3) is 0.176. The van der Waals surface area contributed by atoms with Crippen molar-refractivity contribution >= 4 is 15.9 Å². The normalized spacial score (nSPS) is 17.1. The van der Waals surface area contributed by atoms with Gasteiger partial charge in [-0.15, -0.1) is 0 Å². The van der Waals surface area contributed by atoms with Gasteiger partial charge in [-0.25, -0.2) is 0 Å². The van der Waals surface area contributed by atoms with Gasteiger partial charge in [-0.3, -0.25) is 0 Å². The zero-order valence-electron chi connectivity index (χ0n) is 11.8. The highest BCUT2D eigenvalue weighted by Crippen LogP contribution is 2.58. The van der Waals surface area contributed by atoms with E-state index >= 15 is 0 Å². The molecular weight excluding hydrogens is 376 g/mol. The van der Waals surface area contributed by atoms with Crippen molar-refractivity contribution in [3.63, 3.8) is 0 Å². The third-order valence-corrected chi connectivity index (χ3v) is 4.19. The number of hydrogen-bond acceptors (Lipinski definition) is 1. The maximum absolute atomic E-state index is 14.4. The van der Waals surface area contributed by atoms with Gasteiger partial charge in [0.1, 0.15) is 12.4 Å². The summed E-state index contributed by atoms with van der Waals surface area (Å²) in [6, 6.07) is 7.82. The van der Waals surface area contributed by atoms with E-state index in [-0.39, 0.29) is 23.5 Å². The van der Waals surface area contributed by atoms with Crippen LogP contribution in [-0.4, -0.2) is 6.61 Å². The molecular formula is C17H11BrF4O. The van der Waals surface area contributed by atoms with Crippen LogP contribution in [-0.2, 0) is 11.8 Å². The lowest BCUT2D eigenvalue weighted by Gasteiger charge is -2.35. The van der Waals surface area contributed by atoms with E-state index < -0.39 is 23.0 Å². The van der Waals surface area contributed by atoms with Gasteiger partial charge >= 0.3 is 11.8 Å². The van der Waals surface area contributed by atoms with E-state index in [9.17, 15) is 17.6 Å². The minimum absolute atomic E-state index is 0.0781. The Morgan fingerprint density at radius 1 is 0.957 bits per heavy atom. The van der Waals surface area contributed by atoms with Gasteiger partial charge in [0.2, 0.25) is 0 Å². The topological polar surface area (TPSA) is 9.23 Å². The molecule has 0 N–H and O–H groups in total. The second-order valence-electron chi connectivity index (χ2n) is 5.15. The smallest absolute Gasteiger partial charge is 0.340 e. The van der Waals surface area contributed by atoms with Gasteiger partial charge in [0, 0.05) is 15.6 Å². The van der Waals surface area contributed by atoms with Gasteiger partial charge < -0.3 is 4.74 Å². The summed E-state index contributed by atoms with van der Waals surface area (Å²) in [6.07, 6.45) is 1.44. The third kappa shape index (κ3) is 2.36. The van der Waals surface area contributed by atoms with Gasteiger partial charge in [0.15, 0.2) is 0 Å². The Bertz CT molecular complexity index is 786. The zero-order valence-corrected chi connectivity index (χ0v) is 13.3. The summed E-state index contributed by atoms with van der Waals surface area (Å²) < 4.78 is 63.2. The number of halogens is 5.